The summed E-state index contributed by atoms with van der Waals surface area (Å²) in [6.45, 7) is 1.70. The molecule has 3 rings (SSSR count). The molecule has 5 nitrogen and oxygen atoms in total. The number of aromatic hydroxyl groups is 1. The van der Waals surface area contributed by atoms with Crippen molar-refractivity contribution in [2.75, 3.05) is 25.5 Å². The molecule has 0 fully saturated rings. The second-order valence-corrected chi connectivity index (χ2v) is 6.14. The molecule has 1 heterocycles. The van der Waals surface area contributed by atoms with Gasteiger partial charge >= 0.3 is 0 Å². The van der Waals surface area contributed by atoms with Gasteiger partial charge in [0.05, 0.1) is 10.4 Å². The standard InChI is InChI=1S/C17H17N3O2S/c1-18-6-7-19-17-20-9-16(23-17)12-2-4-13-11(8-12)3-5-15(22)14(13)10-21/h2-5,8-10,18,22H,6-7H2,1H3,(H,19,20). The summed E-state index contributed by atoms with van der Waals surface area (Å²) in [6.07, 6.45) is 2.53. The molecule has 1 aromatic heterocycles. The van der Waals surface area contributed by atoms with Crippen LogP contribution in [-0.2, 0) is 0 Å². The monoisotopic (exact) mass is 327 g/mol. The minimum atomic E-state index is 0.00839. The Morgan fingerprint density at radius 3 is 2.91 bits per heavy atom. The van der Waals surface area contributed by atoms with Crippen LogP contribution in [0.25, 0.3) is 21.2 Å². The molecule has 118 valence electrons. The van der Waals surface area contributed by atoms with Crippen LogP contribution in [0.15, 0.2) is 36.5 Å². The maximum absolute atomic E-state index is 11.1. The van der Waals surface area contributed by atoms with Crippen LogP contribution in [-0.4, -0.2) is 36.5 Å². The SMILES string of the molecule is CNCCNc1ncc(-c2ccc3c(C=O)c(O)ccc3c2)s1. The van der Waals surface area contributed by atoms with E-state index in [-0.39, 0.29) is 5.75 Å². The second-order valence-electron chi connectivity index (χ2n) is 5.11. The number of benzene rings is 2. The molecule has 6 heteroatoms. The second kappa shape index (κ2) is 6.76. The lowest BCUT2D eigenvalue weighted by molar-refractivity contribution is 0.112. The van der Waals surface area contributed by atoms with E-state index in [9.17, 15) is 9.90 Å². The number of fused-ring (bicyclic) bond motifs is 1. The number of carbonyl (C=O) groups is 1. The van der Waals surface area contributed by atoms with Gasteiger partial charge in [-0.15, -0.1) is 0 Å². The molecule has 0 aliphatic rings. The largest absolute Gasteiger partial charge is 0.507 e. The number of nitrogens with one attached hydrogen (secondary N) is 2. The summed E-state index contributed by atoms with van der Waals surface area (Å²) >= 11 is 1.59. The number of anilines is 1. The van der Waals surface area contributed by atoms with E-state index in [0.717, 1.165) is 39.4 Å². The quantitative estimate of drug-likeness (QED) is 0.479. The smallest absolute Gasteiger partial charge is 0.183 e. The average molecular weight is 327 g/mol. The fraction of sp³-hybridized carbons (Fsp3) is 0.176. The van der Waals surface area contributed by atoms with Gasteiger partial charge in [0, 0.05) is 19.3 Å². The molecule has 2 aromatic carbocycles. The van der Waals surface area contributed by atoms with E-state index in [4.69, 9.17) is 0 Å². The number of carbonyl (C=O) groups excluding carboxylic acids is 1. The molecule has 0 atom stereocenters. The predicted octanol–water partition coefficient (Wildman–Crippen LogP) is 3.11. The highest BCUT2D eigenvalue weighted by Gasteiger charge is 2.09. The molecule has 3 aromatic rings. The zero-order valence-electron chi connectivity index (χ0n) is 12.7. The van der Waals surface area contributed by atoms with Crippen molar-refractivity contribution in [1.29, 1.82) is 0 Å². The lowest BCUT2D eigenvalue weighted by Gasteiger charge is -2.05. The van der Waals surface area contributed by atoms with E-state index in [2.05, 4.69) is 15.6 Å². The van der Waals surface area contributed by atoms with Gasteiger partial charge in [-0.1, -0.05) is 29.5 Å². The van der Waals surface area contributed by atoms with Crippen molar-refractivity contribution < 1.29 is 9.90 Å². The highest BCUT2D eigenvalue weighted by Crippen LogP contribution is 2.33. The fourth-order valence-electron chi connectivity index (χ4n) is 2.40. The fourth-order valence-corrected chi connectivity index (χ4v) is 3.24. The Balaban J connectivity index is 1.92. The van der Waals surface area contributed by atoms with Crippen molar-refractivity contribution in [2.45, 2.75) is 0 Å². The Morgan fingerprint density at radius 2 is 2.13 bits per heavy atom. The number of aromatic nitrogens is 1. The first kappa shape index (κ1) is 15.5. The Labute approximate surface area is 138 Å². The molecule has 23 heavy (non-hydrogen) atoms. The van der Waals surface area contributed by atoms with Crippen molar-refractivity contribution >= 4 is 33.5 Å². The summed E-state index contributed by atoms with van der Waals surface area (Å²) in [5, 5.41) is 18.6. The van der Waals surface area contributed by atoms with Gasteiger partial charge in [0.15, 0.2) is 11.4 Å². The number of phenolic OH excluding ortho intramolecular Hbond substituents is 1. The van der Waals surface area contributed by atoms with E-state index in [1.807, 2.05) is 37.5 Å². The molecule has 0 aliphatic heterocycles. The van der Waals surface area contributed by atoms with Crippen molar-refractivity contribution in [1.82, 2.24) is 10.3 Å². The van der Waals surface area contributed by atoms with Gasteiger partial charge in [-0.25, -0.2) is 4.98 Å². The number of nitrogens with zero attached hydrogens (tertiary/aromatic N) is 1. The lowest BCUT2D eigenvalue weighted by atomic mass is 10.0. The molecular formula is C17H17N3O2S. The van der Waals surface area contributed by atoms with E-state index < -0.39 is 0 Å². The maximum Gasteiger partial charge on any atom is 0.183 e. The zero-order valence-corrected chi connectivity index (χ0v) is 13.5. The summed E-state index contributed by atoms with van der Waals surface area (Å²) in [7, 11) is 1.91. The lowest BCUT2D eigenvalue weighted by Crippen LogP contribution is -2.17. The summed E-state index contributed by atoms with van der Waals surface area (Å²) in [5.41, 5.74) is 1.37. The van der Waals surface area contributed by atoms with Crippen LogP contribution in [0, 0.1) is 0 Å². The molecule has 0 saturated heterocycles. The topological polar surface area (TPSA) is 74.2 Å². The normalized spacial score (nSPS) is 10.8. The number of hydrogen-bond donors (Lipinski definition) is 3. The van der Waals surface area contributed by atoms with E-state index in [1.54, 1.807) is 17.4 Å². The maximum atomic E-state index is 11.1. The van der Waals surface area contributed by atoms with Crippen LogP contribution < -0.4 is 10.6 Å². The highest BCUT2D eigenvalue weighted by atomic mass is 32.1. The van der Waals surface area contributed by atoms with E-state index in [0.29, 0.717) is 11.8 Å². The van der Waals surface area contributed by atoms with Crippen LogP contribution in [0.4, 0.5) is 5.13 Å². The number of aldehydes is 1. The Morgan fingerprint density at radius 1 is 1.26 bits per heavy atom. The number of thiazole rings is 1. The van der Waals surface area contributed by atoms with Crippen LogP contribution in [0.2, 0.25) is 0 Å². The van der Waals surface area contributed by atoms with Crippen LogP contribution >= 0.6 is 11.3 Å². The van der Waals surface area contributed by atoms with Crippen LogP contribution in [0.3, 0.4) is 0 Å². The number of phenols is 1. The molecule has 0 radical (unpaired) electrons. The van der Waals surface area contributed by atoms with Gasteiger partial charge in [0.2, 0.25) is 0 Å². The summed E-state index contributed by atoms with van der Waals surface area (Å²) in [5.74, 6) is 0.00839. The van der Waals surface area contributed by atoms with Crippen molar-refractivity contribution in [2.24, 2.45) is 0 Å². The molecule has 0 bridgehead atoms. The summed E-state index contributed by atoms with van der Waals surface area (Å²) in [4.78, 5) is 16.6. The Kier molecular flexibility index (Phi) is 4.55. The molecule has 0 spiro atoms. The number of likely N-dealkylation sites (N-methyl/N-ethyl adjacent to an activating group) is 1. The zero-order chi connectivity index (χ0) is 16.2. The molecule has 0 unspecified atom stereocenters. The Hall–Kier alpha value is -2.44. The minimum Gasteiger partial charge on any atom is -0.507 e. The van der Waals surface area contributed by atoms with Gasteiger partial charge < -0.3 is 15.7 Å². The number of hydrogen-bond acceptors (Lipinski definition) is 6. The van der Waals surface area contributed by atoms with Crippen molar-refractivity contribution in [3.8, 4) is 16.2 Å². The van der Waals surface area contributed by atoms with Crippen LogP contribution in [0.5, 0.6) is 5.75 Å². The molecular weight excluding hydrogens is 310 g/mol. The van der Waals surface area contributed by atoms with Gasteiger partial charge in [0.25, 0.3) is 0 Å². The van der Waals surface area contributed by atoms with E-state index in [1.165, 1.54) is 0 Å². The predicted molar refractivity (Wildman–Crippen MR) is 94.5 cm³/mol. The Bertz CT molecular complexity index is 845. The van der Waals surface area contributed by atoms with Gasteiger partial charge in [-0.3, -0.25) is 4.79 Å². The third-order valence-corrected chi connectivity index (χ3v) is 4.60. The third kappa shape index (κ3) is 3.18. The number of rotatable bonds is 6. The minimum absolute atomic E-state index is 0.00839. The van der Waals surface area contributed by atoms with Crippen LogP contribution in [0.1, 0.15) is 10.4 Å². The average Bonchev–Trinajstić information content (AvgIpc) is 3.03. The van der Waals surface area contributed by atoms with Gasteiger partial charge in [-0.2, -0.15) is 0 Å². The third-order valence-electron chi connectivity index (χ3n) is 3.60. The summed E-state index contributed by atoms with van der Waals surface area (Å²) < 4.78 is 0. The van der Waals surface area contributed by atoms with Crippen molar-refractivity contribution in [3.63, 3.8) is 0 Å². The molecule has 0 amide bonds. The molecule has 3 N–H and O–H groups in total. The van der Waals surface area contributed by atoms with Gasteiger partial charge in [0.1, 0.15) is 5.75 Å². The van der Waals surface area contributed by atoms with Crippen molar-refractivity contribution in [3.05, 3.63) is 42.1 Å². The highest BCUT2D eigenvalue weighted by molar-refractivity contribution is 7.18. The summed E-state index contributed by atoms with van der Waals surface area (Å²) in [6, 6.07) is 9.18. The first-order valence-corrected chi connectivity index (χ1v) is 8.10. The van der Waals surface area contributed by atoms with E-state index >= 15 is 0 Å². The first-order valence-electron chi connectivity index (χ1n) is 7.28. The first-order chi connectivity index (χ1) is 11.2. The molecule has 0 aliphatic carbocycles. The van der Waals surface area contributed by atoms with Gasteiger partial charge in [-0.05, 0) is 35.5 Å². The molecule has 0 saturated carbocycles.